The van der Waals surface area contributed by atoms with Crippen LogP contribution in [0.15, 0.2) is 12.7 Å². The molecule has 0 saturated heterocycles. The van der Waals surface area contributed by atoms with E-state index in [1.54, 1.807) is 6.92 Å². The summed E-state index contributed by atoms with van der Waals surface area (Å²) in [6.45, 7) is 8.15. The molecule has 0 bridgehead atoms. The molecule has 4 heteroatoms. The van der Waals surface area contributed by atoms with Crippen molar-refractivity contribution in [3.63, 3.8) is 0 Å². The van der Waals surface area contributed by atoms with Crippen LogP contribution in [0.4, 0.5) is 0 Å². The third kappa shape index (κ3) is 5.88. The fourth-order valence-corrected chi connectivity index (χ4v) is 1.18. The highest BCUT2D eigenvalue weighted by atomic mass is 16.5. The summed E-state index contributed by atoms with van der Waals surface area (Å²) in [5.74, 6) is -0.441. The minimum absolute atomic E-state index is 0.0361. The summed E-state index contributed by atoms with van der Waals surface area (Å²) >= 11 is 0. The Kier molecular flexibility index (Phi) is 7.32. The molecular formula is C11H19NO3. The van der Waals surface area contributed by atoms with Gasteiger partial charge in [0.2, 0.25) is 5.91 Å². The van der Waals surface area contributed by atoms with Crippen LogP contribution in [0.1, 0.15) is 26.7 Å². The van der Waals surface area contributed by atoms with E-state index >= 15 is 0 Å². The second kappa shape index (κ2) is 8.03. The largest absolute Gasteiger partial charge is 0.465 e. The Bertz CT molecular complexity index is 226. The van der Waals surface area contributed by atoms with Crippen molar-refractivity contribution in [3.05, 3.63) is 12.7 Å². The Balaban J connectivity index is 4.19. The van der Waals surface area contributed by atoms with Crippen molar-refractivity contribution in [2.24, 2.45) is 0 Å². The summed E-state index contributed by atoms with van der Waals surface area (Å²) < 4.78 is 4.79. The maximum absolute atomic E-state index is 11.5. The molecule has 0 aliphatic heterocycles. The topological polar surface area (TPSA) is 46.6 Å². The number of carbonyl (C=O) groups excluding carboxylic acids is 2. The summed E-state index contributed by atoms with van der Waals surface area (Å²) in [4.78, 5) is 24.2. The predicted molar refractivity (Wildman–Crippen MR) is 58.3 cm³/mol. The van der Waals surface area contributed by atoms with Gasteiger partial charge in [0.05, 0.1) is 6.61 Å². The number of hydrogen-bond donors (Lipinski definition) is 0. The molecule has 0 aromatic heterocycles. The van der Waals surface area contributed by atoms with Gasteiger partial charge in [-0.1, -0.05) is 13.0 Å². The van der Waals surface area contributed by atoms with Crippen LogP contribution in [-0.4, -0.2) is 36.5 Å². The number of carbonyl (C=O) groups is 2. The van der Waals surface area contributed by atoms with Crippen molar-refractivity contribution in [1.82, 2.24) is 4.90 Å². The molecule has 0 rings (SSSR count). The van der Waals surface area contributed by atoms with Gasteiger partial charge < -0.3 is 9.64 Å². The van der Waals surface area contributed by atoms with E-state index in [0.717, 1.165) is 6.42 Å². The van der Waals surface area contributed by atoms with E-state index in [1.165, 1.54) is 11.0 Å². The molecule has 0 heterocycles. The molecule has 0 atom stereocenters. The van der Waals surface area contributed by atoms with Gasteiger partial charge in [0, 0.05) is 13.0 Å². The molecule has 0 aliphatic rings. The zero-order chi connectivity index (χ0) is 11.7. The number of amides is 1. The smallest absolute Gasteiger partial charge is 0.325 e. The van der Waals surface area contributed by atoms with Gasteiger partial charge in [-0.15, -0.1) is 6.58 Å². The summed E-state index contributed by atoms with van der Waals surface area (Å²) in [6.07, 6.45) is 2.62. The van der Waals surface area contributed by atoms with Crippen molar-refractivity contribution < 1.29 is 14.3 Å². The van der Waals surface area contributed by atoms with Crippen LogP contribution >= 0.6 is 0 Å². The molecule has 15 heavy (non-hydrogen) atoms. The maximum atomic E-state index is 11.5. The first-order valence-electron chi connectivity index (χ1n) is 5.19. The summed E-state index contributed by atoms with van der Waals surface area (Å²) in [5.41, 5.74) is 0. The van der Waals surface area contributed by atoms with Crippen molar-refractivity contribution in [2.75, 3.05) is 19.7 Å². The molecule has 0 unspecified atom stereocenters. The molecule has 0 saturated carbocycles. The van der Waals surface area contributed by atoms with E-state index in [1.807, 2.05) is 6.92 Å². The van der Waals surface area contributed by atoms with E-state index in [4.69, 9.17) is 4.74 Å². The molecule has 0 aromatic rings. The average Bonchev–Trinajstić information content (AvgIpc) is 2.18. The highest BCUT2D eigenvalue weighted by Crippen LogP contribution is 1.98. The molecular weight excluding hydrogens is 194 g/mol. The highest BCUT2D eigenvalue weighted by Gasteiger charge is 2.15. The summed E-state index contributed by atoms with van der Waals surface area (Å²) in [6, 6.07) is 0. The van der Waals surface area contributed by atoms with Gasteiger partial charge in [0.1, 0.15) is 6.54 Å². The minimum atomic E-state index is -0.358. The molecule has 0 radical (unpaired) electrons. The van der Waals surface area contributed by atoms with Crippen molar-refractivity contribution in [3.8, 4) is 0 Å². The SMILES string of the molecule is C=CCC(=O)N(CCC)CC(=O)OCC. The van der Waals surface area contributed by atoms with Gasteiger partial charge in [0.15, 0.2) is 0 Å². The first kappa shape index (κ1) is 13.7. The number of esters is 1. The first-order valence-corrected chi connectivity index (χ1v) is 5.19. The van der Waals surface area contributed by atoms with Crippen molar-refractivity contribution in [1.29, 1.82) is 0 Å². The molecule has 4 nitrogen and oxygen atoms in total. The summed E-state index contributed by atoms with van der Waals surface area (Å²) in [7, 11) is 0. The predicted octanol–water partition coefficient (Wildman–Crippen LogP) is 1.36. The van der Waals surface area contributed by atoms with Crippen LogP contribution in [0.5, 0.6) is 0 Å². The highest BCUT2D eigenvalue weighted by molar-refractivity contribution is 5.82. The van der Waals surface area contributed by atoms with Crippen LogP contribution < -0.4 is 0 Å². The van der Waals surface area contributed by atoms with Gasteiger partial charge in [-0.3, -0.25) is 9.59 Å². The number of rotatable bonds is 7. The normalized spacial score (nSPS) is 9.47. The van der Waals surface area contributed by atoms with Gasteiger partial charge >= 0.3 is 5.97 Å². The lowest BCUT2D eigenvalue weighted by Gasteiger charge is -2.20. The Morgan fingerprint density at radius 1 is 1.40 bits per heavy atom. The van der Waals surface area contributed by atoms with Crippen LogP contribution in [0.2, 0.25) is 0 Å². The third-order valence-corrected chi connectivity index (χ3v) is 1.79. The van der Waals surface area contributed by atoms with Gasteiger partial charge in [-0.05, 0) is 13.3 Å². The Morgan fingerprint density at radius 2 is 2.07 bits per heavy atom. The van der Waals surface area contributed by atoms with Gasteiger partial charge in [0.25, 0.3) is 0 Å². The molecule has 0 aromatic carbocycles. The van der Waals surface area contributed by atoms with Gasteiger partial charge in [-0.25, -0.2) is 0 Å². The van der Waals surface area contributed by atoms with E-state index in [2.05, 4.69) is 6.58 Å². The number of nitrogens with zero attached hydrogens (tertiary/aromatic N) is 1. The lowest BCUT2D eigenvalue weighted by Crippen LogP contribution is -2.36. The number of hydrogen-bond acceptors (Lipinski definition) is 3. The third-order valence-electron chi connectivity index (χ3n) is 1.79. The van der Waals surface area contributed by atoms with Gasteiger partial charge in [-0.2, -0.15) is 0 Å². The van der Waals surface area contributed by atoms with Crippen molar-refractivity contribution >= 4 is 11.9 Å². The second-order valence-electron chi connectivity index (χ2n) is 3.11. The lowest BCUT2D eigenvalue weighted by molar-refractivity contribution is -0.148. The lowest BCUT2D eigenvalue weighted by atomic mass is 10.3. The average molecular weight is 213 g/mol. The molecule has 1 amide bonds. The Labute approximate surface area is 90.9 Å². The fraction of sp³-hybridized carbons (Fsp3) is 0.636. The molecule has 0 aliphatic carbocycles. The fourth-order valence-electron chi connectivity index (χ4n) is 1.18. The monoisotopic (exact) mass is 213 g/mol. The van der Waals surface area contributed by atoms with E-state index in [9.17, 15) is 9.59 Å². The quantitative estimate of drug-likeness (QED) is 0.474. The summed E-state index contributed by atoms with van der Waals surface area (Å²) in [5, 5.41) is 0. The molecule has 0 N–H and O–H groups in total. The Morgan fingerprint density at radius 3 is 2.53 bits per heavy atom. The zero-order valence-corrected chi connectivity index (χ0v) is 9.49. The zero-order valence-electron chi connectivity index (χ0n) is 9.49. The second-order valence-corrected chi connectivity index (χ2v) is 3.11. The first-order chi connectivity index (χ1) is 7.15. The van der Waals surface area contributed by atoms with Crippen LogP contribution in [0.3, 0.4) is 0 Å². The van der Waals surface area contributed by atoms with Crippen molar-refractivity contribution in [2.45, 2.75) is 26.7 Å². The van der Waals surface area contributed by atoms with E-state index < -0.39 is 0 Å². The van der Waals surface area contributed by atoms with Crippen LogP contribution in [0, 0.1) is 0 Å². The molecule has 0 spiro atoms. The Hall–Kier alpha value is -1.32. The molecule has 86 valence electrons. The maximum Gasteiger partial charge on any atom is 0.325 e. The standard InChI is InChI=1S/C11H19NO3/c1-4-7-10(13)12(8-5-2)9-11(14)15-6-3/h4H,1,5-9H2,2-3H3. The number of ether oxygens (including phenoxy) is 1. The van der Waals surface area contributed by atoms with Crippen LogP contribution in [-0.2, 0) is 14.3 Å². The van der Waals surface area contributed by atoms with E-state index in [0.29, 0.717) is 13.2 Å². The van der Waals surface area contributed by atoms with E-state index in [-0.39, 0.29) is 24.8 Å². The molecule has 0 fully saturated rings. The van der Waals surface area contributed by atoms with Crippen LogP contribution in [0.25, 0.3) is 0 Å². The minimum Gasteiger partial charge on any atom is -0.465 e.